The lowest BCUT2D eigenvalue weighted by Crippen LogP contribution is -2.12. The number of hydrogen-bond donors (Lipinski definition) is 1. The quantitative estimate of drug-likeness (QED) is 0.224. The highest BCUT2D eigenvalue weighted by Crippen LogP contribution is 2.37. The van der Waals surface area contributed by atoms with Gasteiger partial charge in [0.2, 0.25) is 0 Å². The highest BCUT2D eigenvalue weighted by molar-refractivity contribution is 6.08. The van der Waals surface area contributed by atoms with Crippen LogP contribution in [0.15, 0.2) is 109 Å². The molecule has 0 saturated heterocycles. The molecule has 0 fully saturated rings. The zero-order chi connectivity index (χ0) is 21.9. The number of hydrogen-bond acceptors (Lipinski definition) is 2. The Kier molecular flexibility index (Phi) is 3.70. The number of nitrogens with one attached hydrogen (secondary N) is 1. The van der Waals surface area contributed by atoms with E-state index in [0.29, 0.717) is 5.36 Å². The third-order valence-electron chi connectivity index (χ3n) is 6.59. The van der Waals surface area contributed by atoms with Crippen LogP contribution in [-0.4, -0.2) is 9.55 Å². The molecule has 5 aromatic rings. The van der Waals surface area contributed by atoms with Gasteiger partial charge in [0.15, 0.2) is 0 Å². The van der Waals surface area contributed by atoms with Crippen LogP contribution in [0.5, 0.6) is 0 Å². The zero-order valence-corrected chi connectivity index (χ0v) is 17.8. The normalized spacial score (nSPS) is 11.8. The van der Waals surface area contributed by atoms with E-state index in [2.05, 4.69) is 89.5 Å². The van der Waals surface area contributed by atoms with E-state index in [9.17, 15) is 0 Å². The first kappa shape index (κ1) is 18.1. The molecule has 0 radical (unpaired) electrons. The topological polar surface area (TPSA) is 41.7 Å². The molecule has 0 saturated carbocycles. The minimum Gasteiger partial charge on any atom is -0.305 e. The fourth-order valence-electron chi connectivity index (χ4n) is 5.08. The molecule has 2 aliphatic rings. The number of fused-ring (bicyclic) bond motifs is 7. The molecule has 7 rings (SSSR count). The summed E-state index contributed by atoms with van der Waals surface area (Å²) < 4.78 is 2.29. The first-order valence-electron chi connectivity index (χ1n) is 11.1. The van der Waals surface area contributed by atoms with Gasteiger partial charge in [-0.2, -0.15) is 0 Å². The first-order chi connectivity index (χ1) is 16.3. The zero-order valence-electron chi connectivity index (χ0n) is 17.8. The molecule has 1 heterocycles. The molecule has 1 N–H and O–H groups in total. The summed E-state index contributed by atoms with van der Waals surface area (Å²) in [5.74, 6) is 0. The summed E-state index contributed by atoms with van der Waals surface area (Å²) in [6, 6.07) is 37.7. The van der Waals surface area contributed by atoms with Gasteiger partial charge in [-0.05, 0) is 29.0 Å². The lowest BCUT2D eigenvalue weighted by atomic mass is 10.0. The molecule has 0 bridgehead atoms. The van der Waals surface area contributed by atoms with Crippen molar-refractivity contribution in [2.24, 2.45) is 0 Å². The number of aromatic nitrogens is 2. The van der Waals surface area contributed by atoms with Crippen LogP contribution in [0, 0.1) is 5.41 Å². The summed E-state index contributed by atoms with van der Waals surface area (Å²) in [6.45, 7) is 0. The van der Waals surface area contributed by atoms with Gasteiger partial charge in [0.1, 0.15) is 0 Å². The monoisotopic (exact) mass is 421 g/mol. The van der Waals surface area contributed by atoms with Crippen LogP contribution in [0.1, 0.15) is 0 Å². The standard InChI is InChI=1S/C30H19N3/c31-25-18-28-30(24-14-6-5-13-23(24)25)32-29-22-12-4-2-9-20(22)16-17-27(29)33(28)26-15-7-10-19-8-1-3-11-21(19)26/h1-18,31H. The molecule has 154 valence electrons. The maximum absolute atomic E-state index is 8.77. The Hall–Kier alpha value is -4.50. The molecule has 0 aromatic heterocycles. The van der Waals surface area contributed by atoms with Crippen LogP contribution < -0.4 is 5.36 Å². The largest absolute Gasteiger partial charge is 0.305 e. The predicted octanol–water partition coefficient (Wildman–Crippen LogP) is 7.07. The van der Waals surface area contributed by atoms with Crippen molar-refractivity contribution in [2.75, 3.05) is 0 Å². The fraction of sp³-hybridized carbons (Fsp3) is 0. The van der Waals surface area contributed by atoms with Gasteiger partial charge in [-0.25, -0.2) is 4.98 Å². The van der Waals surface area contributed by atoms with E-state index in [1.54, 1.807) is 0 Å². The fourth-order valence-corrected chi connectivity index (χ4v) is 5.08. The highest BCUT2D eigenvalue weighted by atomic mass is 15.0. The molecular formula is C30H19N3. The lowest BCUT2D eigenvalue weighted by molar-refractivity contribution is 1.09. The number of rotatable bonds is 1. The average molecular weight is 422 g/mol. The maximum Gasteiger partial charge on any atom is 0.0958 e. The minimum absolute atomic E-state index is 0.508. The Morgan fingerprint density at radius 2 is 1.21 bits per heavy atom. The minimum atomic E-state index is 0.508. The molecule has 3 heteroatoms. The molecule has 0 atom stereocenters. The first-order valence-corrected chi connectivity index (χ1v) is 11.1. The molecule has 5 aromatic carbocycles. The average Bonchev–Trinajstić information content (AvgIpc) is 2.87. The van der Waals surface area contributed by atoms with Gasteiger partial charge >= 0.3 is 0 Å². The Bertz CT molecular complexity index is 1890. The summed E-state index contributed by atoms with van der Waals surface area (Å²) in [6.07, 6.45) is 0. The van der Waals surface area contributed by atoms with Crippen molar-refractivity contribution in [1.82, 2.24) is 9.55 Å². The van der Waals surface area contributed by atoms with E-state index in [1.165, 1.54) is 16.2 Å². The van der Waals surface area contributed by atoms with Crippen LogP contribution in [0.2, 0.25) is 0 Å². The molecular weight excluding hydrogens is 402 g/mol. The van der Waals surface area contributed by atoms with Crippen molar-refractivity contribution >= 4 is 43.4 Å². The van der Waals surface area contributed by atoms with Crippen molar-refractivity contribution in [1.29, 1.82) is 5.41 Å². The lowest BCUT2D eigenvalue weighted by Gasteiger charge is -2.22. The second-order valence-corrected chi connectivity index (χ2v) is 8.44. The maximum atomic E-state index is 8.77. The molecule has 33 heavy (non-hydrogen) atoms. The summed E-state index contributed by atoms with van der Waals surface area (Å²) in [5.41, 5.74) is 4.95. The summed E-state index contributed by atoms with van der Waals surface area (Å²) in [5, 5.41) is 15.9. The van der Waals surface area contributed by atoms with Gasteiger partial charge in [-0.1, -0.05) is 91.0 Å². The second kappa shape index (κ2) is 6.75. The van der Waals surface area contributed by atoms with Gasteiger partial charge in [0.05, 0.1) is 33.5 Å². The van der Waals surface area contributed by atoms with E-state index in [1.807, 2.05) is 24.3 Å². The Morgan fingerprint density at radius 3 is 2.03 bits per heavy atom. The molecule has 1 aliphatic heterocycles. The van der Waals surface area contributed by atoms with Crippen molar-refractivity contribution < 1.29 is 0 Å². The van der Waals surface area contributed by atoms with Crippen molar-refractivity contribution in [3.8, 4) is 17.1 Å². The summed E-state index contributed by atoms with van der Waals surface area (Å²) in [7, 11) is 0. The van der Waals surface area contributed by atoms with Crippen LogP contribution >= 0.6 is 0 Å². The Labute approximate surface area is 190 Å². The third-order valence-corrected chi connectivity index (χ3v) is 6.59. The number of benzene rings is 6. The van der Waals surface area contributed by atoms with E-state index in [0.717, 1.165) is 44.3 Å². The van der Waals surface area contributed by atoms with Crippen molar-refractivity contribution in [2.45, 2.75) is 0 Å². The SMILES string of the molecule is N=c1cc2n(-c3cccc4ccccc34)c3ccc4ccccc4c3nc-2c2ccccc12. The Balaban J connectivity index is 1.79. The third kappa shape index (κ3) is 2.56. The molecule has 1 aliphatic carbocycles. The smallest absolute Gasteiger partial charge is 0.0958 e. The van der Waals surface area contributed by atoms with Gasteiger partial charge < -0.3 is 9.98 Å². The van der Waals surface area contributed by atoms with Crippen LogP contribution in [-0.2, 0) is 0 Å². The van der Waals surface area contributed by atoms with Gasteiger partial charge in [0.25, 0.3) is 0 Å². The van der Waals surface area contributed by atoms with Crippen molar-refractivity contribution in [3.05, 3.63) is 115 Å². The van der Waals surface area contributed by atoms with Crippen LogP contribution in [0.4, 0.5) is 0 Å². The molecule has 0 spiro atoms. The van der Waals surface area contributed by atoms with E-state index in [-0.39, 0.29) is 0 Å². The summed E-state index contributed by atoms with van der Waals surface area (Å²) in [4.78, 5) is 5.24. The van der Waals surface area contributed by atoms with Crippen LogP contribution in [0.25, 0.3) is 60.4 Å². The van der Waals surface area contributed by atoms with Crippen molar-refractivity contribution in [3.63, 3.8) is 0 Å². The molecule has 0 amide bonds. The van der Waals surface area contributed by atoms with E-state index < -0.39 is 0 Å². The molecule has 3 nitrogen and oxygen atoms in total. The van der Waals surface area contributed by atoms with Gasteiger partial charge in [0, 0.05) is 21.5 Å². The van der Waals surface area contributed by atoms with Gasteiger partial charge in [-0.15, -0.1) is 0 Å². The summed E-state index contributed by atoms with van der Waals surface area (Å²) >= 11 is 0. The number of nitrogens with zero attached hydrogens (tertiary/aromatic N) is 2. The highest BCUT2D eigenvalue weighted by Gasteiger charge is 2.20. The second-order valence-electron chi connectivity index (χ2n) is 8.44. The van der Waals surface area contributed by atoms with E-state index in [4.69, 9.17) is 10.4 Å². The predicted molar refractivity (Wildman–Crippen MR) is 136 cm³/mol. The molecule has 0 unspecified atom stereocenters. The van der Waals surface area contributed by atoms with E-state index >= 15 is 0 Å². The Morgan fingerprint density at radius 1 is 0.576 bits per heavy atom. The van der Waals surface area contributed by atoms with Gasteiger partial charge in [-0.3, -0.25) is 0 Å². The van der Waals surface area contributed by atoms with Crippen LogP contribution in [0.3, 0.4) is 0 Å².